The van der Waals surface area contributed by atoms with Crippen molar-refractivity contribution in [3.05, 3.63) is 24.2 Å². The van der Waals surface area contributed by atoms with Gasteiger partial charge in [-0.2, -0.15) is 18.3 Å². The van der Waals surface area contributed by atoms with E-state index in [-0.39, 0.29) is 5.75 Å². The van der Waals surface area contributed by atoms with Gasteiger partial charge in [0.2, 0.25) is 0 Å². The van der Waals surface area contributed by atoms with Gasteiger partial charge in [-0.3, -0.25) is 0 Å². The second-order valence-electron chi connectivity index (χ2n) is 4.30. The summed E-state index contributed by atoms with van der Waals surface area (Å²) in [6.07, 6.45) is -0.872. The second-order valence-corrected chi connectivity index (χ2v) is 4.30. The summed E-state index contributed by atoms with van der Waals surface area (Å²) in [5, 5.41) is 4.03. The number of pyridine rings is 1. The highest BCUT2D eigenvalue weighted by molar-refractivity contribution is 5.54. The van der Waals surface area contributed by atoms with Crippen molar-refractivity contribution < 1.29 is 17.9 Å². The molecule has 0 aliphatic heterocycles. The molecule has 0 aromatic carbocycles. The minimum atomic E-state index is -4.35. The van der Waals surface area contributed by atoms with E-state index in [0.717, 1.165) is 18.5 Å². The molecule has 0 bridgehead atoms. The number of aromatic nitrogens is 3. The van der Waals surface area contributed by atoms with Crippen molar-refractivity contribution in [2.75, 3.05) is 6.61 Å². The maximum Gasteiger partial charge on any atom is 0.422 e. The van der Waals surface area contributed by atoms with Gasteiger partial charge in [-0.25, -0.2) is 9.50 Å². The highest BCUT2D eigenvalue weighted by Gasteiger charge is 2.30. The van der Waals surface area contributed by atoms with Crippen LogP contribution in [0.2, 0.25) is 0 Å². The van der Waals surface area contributed by atoms with Crippen LogP contribution in [-0.2, 0) is 0 Å². The first-order valence-corrected chi connectivity index (χ1v) is 5.57. The van der Waals surface area contributed by atoms with E-state index in [1.54, 1.807) is 10.6 Å². The Morgan fingerprint density at radius 1 is 1.33 bits per heavy atom. The minimum absolute atomic E-state index is 0.106. The number of alkyl halides is 3. The normalized spacial score (nSPS) is 16.2. The highest BCUT2D eigenvalue weighted by atomic mass is 19.4. The first-order chi connectivity index (χ1) is 8.54. The first kappa shape index (κ1) is 11.3. The zero-order valence-electron chi connectivity index (χ0n) is 9.31. The van der Waals surface area contributed by atoms with Gasteiger partial charge in [0.15, 0.2) is 18.0 Å². The van der Waals surface area contributed by atoms with Crippen molar-refractivity contribution >= 4 is 5.65 Å². The van der Waals surface area contributed by atoms with Crippen LogP contribution in [0.3, 0.4) is 0 Å². The van der Waals surface area contributed by atoms with Crippen LogP contribution in [0, 0.1) is 0 Å². The second kappa shape index (κ2) is 3.86. The van der Waals surface area contributed by atoms with Crippen molar-refractivity contribution in [3.8, 4) is 5.75 Å². The van der Waals surface area contributed by atoms with Gasteiger partial charge in [0.25, 0.3) is 0 Å². The number of halogens is 3. The molecule has 0 radical (unpaired) electrons. The summed E-state index contributed by atoms with van der Waals surface area (Å²) in [7, 11) is 0. The monoisotopic (exact) mass is 257 g/mol. The summed E-state index contributed by atoms with van der Waals surface area (Å²) >= 11 is 0. The lowest BCUT2D eigenvalue weighted by Gasteiger charge is -2.11. The summed E-state index contributed by atoms with van der Waals surface area (Å²) in [4.78, 5) is 3.95. The Hall–Kier alpha value is -1.79. The van der Waals surface area contributed by atoms with Crippen LogP contribution in [0.1, 0.15) is 24.5 Å². The number of rotatable bonds is 3. The van der Waals surface area contributed by atoms with Crippen molar-refractivity contribution in [2.45, 2.75) is 24.9 Å². The molecule has 1 aliphatic carbocycles. The van der Waals surface area contributed by atoms with Gasteiger partial charge < -0.3 is 4.74 Å². The molecule has 4 nitrogen and oxygen atoms in total. The molecule has 96 valence electrons. The molecule has 0 atom stereocenters. The average molecular weight is 257 g/mol. The van der Waals surface area contributed by atoms with E-state index in [9.17, 15) is 13.2 Å². The number of nitrogens with zero attached hydrogens (tertiary/aromatic N) is 3. The molecule has 0 saturated heterocycles. The van der Waals surface area contributed by atoms with E-state index in [1.807, 2.05) is 0 Å². The topological polar surface area (TPSA) is 39.4 Å². The summed E-state index contributed by atoms with van der Waals surface area (Å²) in [5.74, 6) is 0.542. The van der Waals surface area contributed by atoms with Crippen molar-refractivity contribution in [1.82, 2.24) is 14.6 Å². The molecule has 18 heavy (non-hydrogen) atoms. The molecule has 7 heteroatoms. The molecule has 0 unspecified atom stereocenters. The van der Waals surface area contributed by atoms with Crippen LogP contribution in [0.25, 0.3) is 5.65 Å². The predicted molar refractivity (Wildman–Crippen MR) is 56.5 cm³/mol. The maximum atomic E-state index is 12.1. The molecule has 2 aromatic heterocycles. The van der Waals surface area contributed by atoms with E-state index in [0.29, 0.717) is 11.6 Å². The lowest BCUT2D eigenvalue weighted by molar-refractivity contribution is -0.153. The lowest BCUT2D eigenvalue weighted by Crippen LogP contribution is -2.19. The number of hydrogen-bond acceptors (Lipinski definition) is 3. The van der Waals surface area contributed by atoms with Crippen LogP contribution in [0.5, 0.6) is 5.75 Å². The fourth-order valence-electron chi connectivity index (χ4n) is 1.87. The average Bonchev–Trinajstić information content (AvgIpc) is 3.01. The van der Waals surface area contributed by atoms with Crippen molar-refractivity contribution in [1.29, 1.82) is 0 Å². The van der Waals surface area contributed by atoms with Gasteiger partial charge in [0, 0.05) is 11.6 Å². The highest BCUT2D eigenvalue weighted by Crippen LogP contribution is 2.40. The van der Waals surface area contributed by atoms with Crippen LogP contribution in [-0.4, -0.2) is 27.4 Å². The van der Waals surface area contributed by atoms with Gasteiger partial charge in [-0.05, 0) is 25.0 Å². The van der Waals surface area contributed by atoms with Crippen LogP contribution >= 0.6 is 0 Å². The molecule has 1 saturated carbocycles. The number of fused-ring (bicyclic) bond motifs is 1. The third kappa shape index (κ3) is 2.12. The van der Waals surface area contributed by atoms with Gasteiger partial charge in [0.05, 0.1) is 0 Å². The quantitative estimate of drug-likeness (QED) is 0.848. The minimum Gasteiger partial charge on any atom is -0.480 e. The molecule has 2 aromatic rings. The predicted octanol–water partition coefficient (Wildman–Crippen LogP) is 2.55. The molecular weight excluding hydrogens is 247 g/mol. The van der Waals surface area contributed by atoms with Crippen LogP contribution in [0.15, 0.2) is 18.5 Å². The van der Waals surface area contributed by atoms with Crippen molar-refractivity contribution in [3.63, 3.8) is 0 Å². The first-order valence-electron chi connectivity index (χ1n) is 5.57. The molecule has 0 spiro atoms. The third-order valence-electron chi connectivity index (χ3n) is 2.81. The number of hydrogen-bond donors (Lipinski definition) is 0. The molecule has 3 rings (SSSR count). The van der Waals surface area contributed by atoms with Gasteiger partial charge in [0.1, 0.15) is 6.33 Å². The fourth-order valence-corrected chi connectivity index (χ4v) is 1.87. The molecule has 0 N–H and O–H groups in total. The summed E-state index contributed by atoms with van der Waals surface area (Å²) in [5.41, 5.74) is 1.31. The largest absolute Gasteiger partial charge is 0.480 e. The zero-order valence-corrected chi connectivity index (χ0v) is 9.31. The third-order valence-corrected chi connectivity index (χ3v) is 2.81. The molecular formula is C11H10F3N3O. The molecule has 2 heterocycles. The van der Waals surface area contributed by atoms with E-state index >= 15 is 0 Å². The number of ether oxygens (including phenoxy) is 1. The van der Waals surface area contributed by atoms with E-state index in [4.69, 9.17) is 4.74 Å². The fraction of sp³-hybridized carbons (Fsp3) is 0.455. The summed E-state index contributed by atoms with van der Waals surface area (Å²) in [6, 6.07) is 3.29. The van der Waals surface area contributed by atoms with E-state index in [2.05, 4.69) is 10.1 Å². The zero-order chi connectivity index (χ0) is 12.8. The van der Waals surface area contributed by atoms with Crippen LogP contribution in [0.4, 0.5) is 13.2 Å². The Morgan fingerprint density at radius 2 is 2.11 bits per heavy atom. The summed E-state index contributed by atoms with van der Waals surface area (Å²) < 4.78 is 42.7. The standard InChI is InChI=1S/C11H10F3N3O/c12-11(13,14)5-18-9-4-3-8(7-1-2-7)17-10(9)15-6-16-17/h3-4,6-7H,1-2,5H2. The van der Waals surface area contributed by atoms with Gasteiger partial charge >= 0.3 is 6.18 Å². The Labute approximate surface area is 100 Å². The molecule has 1 fully saturated rings. The smallest absolute Gasteiger partial charge is 0.422 e. The Kier molecular flexibility index (Phi) is 2.42. The molecule has 1 aliphatic rings. The SMILES string of the molecule is FC(F)(F)COc1ccc(C2CC2)n2ncnc12. The van der Waals surface area contributed by atoms with E-state index in [1.165, 1.54) is 12.4 Å². The van der Waals surface area contributed by atoms with Crippen LogP contribution < -0.4 is 4.74 Å². The Bertz CT molecular complexity index is 574. The van der Waals surface area contributed by atoms with Gasteiger partial charge in [-0.15, -0.1) is 0 Å². The molecule has 0 amide bonds. The lowest BCUT2D eigenvalue weighted by atomic mass is 10.2. The van der Waals surface area contributed by atoms with Crippen molar-refractivity contribution in [2.24, 2.45) is 0 Å². The Balaban J connectivity index is 1.93. The summed E-state index contributed by atoms with van der Waals surface area (Å²) in [6.45, 7) is -1.32. The Morgan fingerprint density at radius 3 is 2.78 bits per heavy atom. The van der Waals surface area contributed by atoms with E-state index < -0.39 is 12.8 Å². The maximum absolute atomic E-state index is 12.1. The van der Waals surface area contributed by atoms with Gasteiger partial charge in [-0.1, -0.05) is 0 Å².